The molecule has 0 saturated heterocycles. The summed E-state index contributed by atoms with van der Waals surface area (Å²) in [6, 6.07) is 4.98. The summed E-state index contributed by atoms with van der Waals surface area (Å²) in [5.74, 6) is 0.826. The molecule has 0 unspecified atom stereocenters. The topological polar surface area (TPSA) is 58.4 Å². The van der Waals surface area contributed by atoms with Gasteiger partial charge in [0.05, 0.1) is 4.92 Å². The van der Waals surface area contributed by atoms with Crippen LogP contribution in [0, 0.1) is 16.0 Å². The van der Waals surface area contributed by atoms with Crippen LogP contribution in [0.5, 0.6) is 0 Å². The Labute approximate surface area is 107 Å². The Morgan fingerprint density at radius 1 is 1.50 bits per heavy atom. The molecule has 1 aromatic rings. The summed E-state index contributed by atoms with van der Waals surface area (Å²) in [5.41, 5.74) is 2.10. The van der Waals surface area contributed by atoms with E-state index in [0.29, 0.717) is 0 Å². The maximum absolute atomic E-state index is 10.8. The van der Waals surface area contributed by atoms with Crippen molar-refractivity contribution in [2.24, 2.45) is 5.92 Å². The molecule has 1 aliphatic carbocycles. The first-order valence-corrected chi connectivity index (χ1v) is 6.23. The molecular weight excluding hydrogens is 230 g/mol. The molecule has 0 aromatic heterocycles. The van der Waals surface area contributed by atoms with Gasteiger partial charge in [0.2, 0.25) is 0 Å². The number of hydrogen-bond donors (Lipinski definition) is 1. The summed E-state index contributed by atoms with van der Waals surface area (Å²) in [5, 5.41) is 13.9. The first-order chi connectivity index (χ1) is 8.60. The molecule has 0 spiro atoms. The Kier molecular flexibility index (Phi) is 3.81. The quantitative estimate of drug-likeness (QED) is 0.621. The van der Waals surface area contributed by atoms with E-state index >= 15 is 0 Å². The van der Waals surface area contributed by atoms with E-state index in [1.165, 1.54) is 18.9 Å². The van der Waals surface area contributed by atoms with E-state index in [2.05, 4.69) is 17.3 Å². The lowest BCUT2D eigenvalue weighted by atomic mass is 10.1. The molecule has 1 N–H and O–H groups in total. The second kappa shape index (κ2) is 5.35. The van der Waals surface area contributed by atoms with Crippen molar-refractivity contribution in [3.05, 3.63) is 33.9 Å². The Balaban J connectivity index is 2.12. The number of non-ortho nitro benzene ring substituents is 1. The van der Waals surface area contributed by atoms with Gasteiger partial charge >= 0.3 is 0 Å². The summed E-state index contributed by atoms with van der Waals surface area (Å²) in [4.78, 5) is 12.7. The van der Waals surface area contributed by atoms with Gasteiger partial charge in [-0.3, -0.25) is 10.1 Å². The summed E-state index contributed by atoms with van der Waals surface area (Å²) >= 11 is 0. The molecule has 1 saturated carbocycles. The Bertz CT molecular complexity index is 444. The zero-order valence-corrected chi connectivity index (χ0v) is 10.8. The van der Waals surface area contributed by atoms with Crippen molar-refractivity contribution in [3.8, 4) is 0 Å². The predicted molar refractivity (Wildman–Crippen MR) is 71.7 cm³/mol. The van der Waals surface area contributed by atoms with Crippen molar-refractivity contribution in [3.63, 3.8) is 0 Å². The number of nitro groups is 1. The highest BCUT2D eigenvalue weighted by Gasteiger charge is 2.23. The Morgan fingerprint density at radius 2 is 2.22 bits per heavy atom. The molecule has 0 bridgehead atoms. The average Bonchev–Trinajstić information content (AvgIpc) is 3.12. The van der Waals surface area contributed by atoms with Crippen molar-refractivity contribution in [1.82, 2.24) is 4.90 Å². The van der Waals surface area contributed by atoms with Crippen LogP contribution >= 0.6 is 0 Å². The molecule has 5 nitrogen and oxygen atoms in total. The monoisotopic (exact) mass is 249 g/mol. The van der Waals surface area contributed by atoms with Gasteiger partial charge in [-0.1, -0.05) is 0 Å². The first kappa shape index (κ1) is 12.8. The molecule has 0 radical (unpaired) electrons. The van der Waals surface area contributed by atoms with Crippen LogP contribution in [0.2, 0.25) is 0 Å². The van der Waals surface area contributed by atoms with Crippen molar-refractivity contribution in [2.75, 3.05) is 26.0 Å². The van der Waals surface area contributed by atoms with Gasteiger partial charge in [-0.2, -0.15) is 0 Å². The lowest BCUT2D eigenvalue weighted by Crippen LogP contribution is -2.21. The van der Waals surface area contributed by atoms with Gasteiger partial charge in [0.15, 0.2) is 0 Å². The van der Waals surface area contributed by atoms with E-state index < -0.39 is 0 Å². The van der Waals surface area contributed by atoms with Crippen LogP contribution in [0.3, 0.4) is 0 Å². The maximum Gasteiger partial charge on any atom is 0.269 e. The molecule has 0 heterocycles. The van der Waals surface area contributed by atoms with Gasteiger partial charge in [-0.15, -0.1) is 0 Å². The van der Waals surface area contributed by atoms with Gasteiger partial charge in [0, 0.05) is 38.0 Å². The smallest absolute Gasteiger partial charge is 0.269 e. The molecular formula is C13H19N3O2. The molecule has 0 aliphatic heterocycles. The van der Waals surface area contributed by atoms with Crippen LogP contribution < -0.4 is 5.32 Å². The molecule has 0 amide bonds. The van der Waals surface area contributed by atoms with Crippen LogP contribution in [0.15, 0.2) is 18.2 Å². The zero-order chi connectivity index (χ0) is 13.1. The molecule has 0 atom stereocenters. The predicted octanol–water partition coefficient (Wildman–Crippen LogP) is 2.48. The molecule has 5 heteroatoms. The number of rotatable bonds is 6. The minimum absolute atomic E-state index is 0.156. The summed E-state index contributed by atoms with van der Waals surface area (Å²) in [7, 11) is 3.90. The highest BCUT2D eigenvalue weighted by molar-refractivity contribution is 5.55. The second-order valence-electron chi connectivity index (χ2n) is 4.99. The van der Waals surface area contributed by atoms with Gasteiger partial charge in [-0.05, 0) is 37.4 Å². The number of anilines is 1. The third-order valence-electron chi connectivity index (χ3n) is 3.28. The third kappa shape index (κ3) is 3.20. The van der Waals surface area contributed by atoms with Crippen molar-refractivity contribution < 1.29 is 4.92 Å². The summed E-state index contributed by atoms with van der Waals surface area (Å²) < 4.78 is 0. The number of nitro benzene ring substituents is 1. The minimum atomic E-state index is -0.343. The van der Waals surface area contributed by atoms with Crippen LogP contribution in [0.1, 0.15) is 18.4 Å². The van der Waals surface area contributed by atoms with E-state index in [1.807, 2.05) is 7.05 Å². The van der Waals surface area contributed by atoms with Gasteiger partial charge in [0.25, 0.3) is 5.69 Å². The summed E-state index contributed by atoms with van der Waals surface area (Å²) in [6.45, 7) is 1.82. The van der Waals surface area contributed by atoms with Gasteiger partial charge < -0.3 is 10.2 Å². The van der Waals surface area contributed by atoms with Crippen molar-refractivity contribution in [1.29, 1.82) is 0 Å². The SMILES string of the molecule is CNc1ccc([N+](=O)[O-])cc1CN(C)CC1CC1. The van der Waals surface area contributed by atoms with Crippen LogP contribution in [-0.2, 0) is 6.54 Å². The molecule has 1 aromatic carbocycles. The minimum Gasteiger partial charge on any atom is -0.388 e. The van der Waals surface area contributed by atoms with Crippen LogP contribution in [-0.4, -0.2) is 30.5 Å². The standard InChI is InChI=1S/C13H19N3O2/c1-14-13-6-5-12(16(17)18)7-11(13)9-15(2)8-10-3-4-10/h5-7,10,14H,3-4,8-9H2,1-2H3. The fraction of sp³-hybridized carbons (Fsp3) is 0.538. The Hall–Kier alpha value is -1.62. The van der Waals surface area contributed by atoms with E-state index in [-0.39, 0.29) is 10.6 Å². The number of nitrogens with zero attached hydrogens (tertiary/aromatic N) is 2. The van der Waals surface area contributed by atoms with Gasteiger partial charge in [0.1, 0.15) is 0 Å². The van der Waals surface area contributed by atoms with E-state index in [9.17, 15) is 10.1 Å². The first-order valence-electron chi connectivity index (χ1n) is 6.23. The third-order valence-corrected chi connectivity index (χ3v) is 3.28. The molecule has 98 valence electrons. The van der Waals surface area contributed by atoms with E-state index in [4.69, 9.17) is 0 Å². The zero-order valence-electron chi connectivity index (χ0n) is 10.8. The van der Waals surface area contributed by atoms with Crippen LogP contribution in [0.4, 0.5) is 11.4 Å². The Morgan fingerprint density at radius 3 is 2.78 bits per heavy atom. The van der Waals surface area contributed by atoms with Crippen LogP contribution in [0.25, 0.3) is 0 Å². The van der Waals surface area contributed by atoms with Crippen molar-refractivity contribution >= 4 is 11.4 Å². The van der Waals surface area contributed by atoms with E-state index in [0.717, 1.165) is 30.3 Å². The lowest BCUT2D eigenvalue weighted by molar-refractivity contribution is -0.384. The second-order valence-corrected chi connectivity index (χ2v) is 4.99. The fourth-order valence-electron chi connectivity index (χ4n) is 2.16. The highest BCUT2D eigenvalue weighted by atomic mass is 16.6. The van der Waals surface area contributed by atoms with Gasteiger partial charge in [-0.25, -0.2) is 0 Å². The lowest BCUT2D eigenvalue weighted by Gasteiger charge is -2.18. The maximum atomic E-state index is 10.8. The highest BCUT2D eigenvalue weighted by Crippen LogP contribution is 2.30. The molecule has 1 aliphatic rings. The largest absolute Gasteiger partial charge is 0.388 e. The fourth-order valence-corrected chi connectivity index (χ4v) is 2.16. The molecule has 1 fully saturated rings. The number of hydrogen-bond acceptors (Lipinski definition) is 4. The molecule has 2 rings (SSSR count). The van der Waals surface area contributed by atoms with E-state index in [1.54, 1.807) is 12.1 Å². The molecule has 18 heavy (non-hydrogen) atoms. The normalized spacial score (nSPS) is 14.8. The van der Waals surface area contributed by atoms with Crippen molar-refractivity contribution in [2.45, 2.75) is 19.4 Å². The number of benzene rings is 1. The average molecular weight is 249 g/mol. The summed E-state index contributed by atoms with van der Waals surface area (Å²) in [6.07, 6.45) is 2.64. The number of nitrogens with one attached hydrogen (secondary N) is 1.